The number of fused-ring (bicyclic) bond motifs is 1. The van der Waals surface area contributed by atoms with Crippen LogP contribution in [0.3, 0.4) is 0 Å². The zero-order chi connectivity index (χ0) is 17.8. The molecule has 1 aromatic heterocycles. The molecule has 0 bridgehead atoms. The van der Waals surface area contributed by atoms with Crippen LogP contribution in [0.15, 0.2) is 63.7 Å². The summed E-state index contributed by atoms with van der Waals surface area (Å²) in [5.74, 6) is 1.31. The maximum Gasteiger partial charge on any atom is 0.149 e. The molecule has 2 aliphatic rings. The summed E-state index contributed by atoms with van der Waals surface area (Å²) in [5, 5.41) is 1.21. The zero-order valence-corrected chi connectivity index (χ0v) is 14.9. The van der Waals surface area contributed by atoms with Crippen molar-refractivity contribution in [2.45, 2.75) is 33.1 Å². The number of furan rings is 1. The first-order valence-corrected chi connectivity index (χ1v) is 8.72. The molecule has 0 atom stereocenters. The van der Waals surface area contributed by atoms with Crippen LogP contribution in [0.5, 0.6) is 0 Å². The Morgan fingerprint density at radius 3 is 2.72 bits per heavy atom. The summed E-state index contributed by atoms with van der Waals surface area (Å²) < 4.78 is 5.25. The predicted octanol–water partition coefficient (Wildman–Crippen LogP) is 3.86. The van der Waals surface area contributed by atoms with Crippen LogP contribution in [0.25, 0.3) is 11.0 Å². The topological polar surface area (TPSA) is 80.8 Å². The Bertz CT molecular complexity index is 823. The van der Waals surface area contributed by atoms with E-state index < -0.39 is 0 Å². The third-order valence-corrected chi connectivity index (χ3v) is 4.72. The molecule has 1 fully saturated rings. The van der Waals surface area contributed by atoms with Crippen molar-refractivity contribution in [3.63, 3.8) is 0 Å². The Hall–Kier alpha value is -2.69. The lowest BCUT2D eigenvalue weighted by molar-refractivity contribution is 0.252. The second-order valence-corrected chi connectivity index (χ2v) is 6.71. The highest BCUT2D eigenvalue weighted by molar-refractivity contribution is 5.98. The minimum atomic E-state index is 0.525. The van der Waals surface area contributed by atoms with Gasteiger partial charge < -0.3 is 20.8 Å². The molecule has 4 N–H and O–H groups in total. The van der Waals surface area contributed by atoms with E-state index in [0.717, 1.165) is 29.4 Å². The van der Waals surface area contributed by atoms with Crippen molar-refractivity contribution in [2.24, 2.45) is 22.4 Å². The average molecular weight is 338 g/mol. The highest BCUT2D eigenvalue weighted by Crippen LogP contribution is 2.29. The van der Waals surface area contributed by atoms with E-state index in [1.807, 2.05) is 38.2 Å². The molecule has 1 saturated carbocycles. The number of benzene rings is 1. The van der Waals surface area contributed by atoms with Crippen LogP contribution in [0.1, 0.15) is 31.7 Å². The number of aliphatic imine (C=N–C) groups is 1. The van der Waals surface area contributed by atoms with E-state index in [2.05, 4.69) is 16.0 Å². The van der Waals surface area contributed by atoms with Gasteiger partial charge in [0.1, 0.15) is 17.1 Å². The van der Waals surface area contributed by atoms with E-state index >= 15 is 0 Å². The molecule has 5 heteroatoms. The molecule has 4 rings (SSSR count). The minimum Gasteiger partial charge on any atom is -0.464 e. The molecule has 1 aromatic carbocycles. The van der Waals surface area contributed by atoms with Crippen LogP contribution >= 0.6 is 0 Å². The smallest absolute Gasteiger partial charge is 0.149 e. The van der Waals surface area contributed by atoms with Gasteiger partial charge >= 0.3 is 0 Å². The van der Waals surface area contributed by atoms with Crippen LogP contribution in [0.4, 0.5) is 0 Å². The van der Waals surface area contributed by atoms with Gasteiger partial charge in [0.2, 0.25) is 0 Å². The van der Waals surface area contributed by atoms with Crippen molar-refractivity contribution >= 4 is 16.8 Å². The van der Waals surface area contributed by atoms with Crippen molar-refractivity contribution < 1.29 is 4.42 Å². The molecule has 0 saturated heterocycles. The third kappa shape index (κ3) is 3.87. The highest BCUT2D eigenvalue weighted by atomic mass is 16.3. The monoisotopic (exact) mass is 338 g/mol. The maximum atomic E-state index is 5.83. The van der Waals surface area contributed by atoms with Crippen LogP contribution in [0.2, 0.25) is 0 Å². The van der Waals surface area contributed by atoms with E-state index in [0.29, 0.717) is 5.84 Å². The van der Waals surface area contributed by atoms with Crippen molar-refractivity contribution in [1.29, 1.82) is 0 Å². The average Bonchev–Trinajstić information content (AvgIpc) is 2.93. The Labute approximate surface area is 148 Å². The van der Waals surface area contributed by atoms with Crippen molar-refractivity contribution in [1.82, 2.24) is 4.90 Å². The van der Waals surface area contributed by atoms with E-state index in [1.165, 1.54) is 30.2 Å². The van der Waals surface area contributed by atoms with Gasteiger partial charge in [0.25, 0.3) is 0 Å². The second-order valence-electron chi connectivity index (χ2n) is 6.71. The number of aryl methyl sites for hydroxylation is 1. The van der Waals surface area contributed by atoms with Gasteiger partial charge in [-0.3, -0.25) is 0 Å². The Balaban J connectivity index is 0.000000157. The fourth-order valence-electron chi connectivity index (χ4n) is 3.12. The first-order valence-electron chi connectivity index (χ1n) is 8.72. The van der Waals surface area contributed by atoms with Crippen LogP contribution < -0.4 is 11.5 Å². The van der Waals surface area contributed by atoms with Gasteiger partial charge in [-0.25, -0.2) is 4.99 Å². The molecule has 2 aromatic rings. The molecular formula is C20H26N4O. The fourth-order valence-corrected chi connectivity index (χ4v) is 3.12. The van der Waals surface area contributed by atoms with E-state index in [-0.39, 0.29) is 0 Å². The number of rotatable bonds is 2. The predicted molar refractivity (Wildman–Crippen MR) is 103 cm³/mol. The van der Waals surface area contributed by atoms with Gasteiger partial charge in [-0.1, -0.05) is 24.6 Å². The first-order chi connectivity index (χ1) is 12.1. The molecule has 1 aliphatic carbocycles. The van der Waals surface area contributed by atoms with Gasteiger partial charge in [0.15, 0.2) is 0 Å². The molecular weight excluding hydrogens is 312 g/mol. The maximum absolute atomic E-state index is 5.83. The van der Waals surface area contributed by atoms with Crippen molar-refractivity contribution in [2.75, 3.05) is 6.54 Å². The molecule has 0 radical (unpaired) electrons. The van der Waals surface area contributed by atoms with E-state index in [4.69, 9.17) is 15.9 Å². The van der Waals surface area contributed by atoms with E-state index in [1.54, 1.807) is 12.5 Å². The quantitative estimate of drug-likeness (QED) is 0.871. The van der Waals surface area contributed by atoms with Gasteiger partial charge in [-0.2, -0.15) is 0 Å². The summed E-state index contributed by atoms with van der Waals surface area (Å²) in [6.07, 6.45) is 9.47. The lowest BCUT2D eigenvalue weighted by Gasteiger charge is -2.34. The summed E-state index contributed by atoms with van der Waals surface area (Å²) in [6, 6.07) is 8.03. The normalized spacial score (nSPS) is 19.1. The van der Waals surface area contributed by atoms with E-state index in [9.17, 15) is 0 Å². The lowest BCUT2D eigenvalue weighted by Crippen LogP contribution is -2.36. The number of hydrogen-bond donors (Lipinski definition) is 2. The van der Waals surface area contributed by atoms with Crippen molar-refractivity contribution in [3.05, 3.63) is 59.9 Å². The molecule has 1 aliphatic heterocycles. The van der Waals surface area contributed by atoms with Crippen LogP contribution in [-0.2, 0) is 0 Å². The van der Waals surface area contributed by atoms with Gasteiger partial charge in [-0.15, -0.1) is 0 Å². The van der Waals surface area contributed by atoms with Crippen LogP contribution in [-0.4, -0.2) is 17.3 Å². The molecule has 0 amide bonds. The fraction of sp³-hybridized carbons (Fsp3) is 0.350. The number of allylic oxidation sites excluding steroid dienone is 1. The largest absolute Gasteiger partial charge is 0.464 e. The molecule has 0 spiro atoms. The Kier molecular flexibility index (Phi) is 5.12. The molecule has 25 heavy (non-hydrogen) atoms. The number of para-hydroxylation sites is 1. The zero-order valence-electron chi connectivity index (χ0n) is 14.9. The van der Waals surface area contributed by atoms with Gasteiger partial charge in [-0.05, 0) is 44.2 Å². The summed E-state index contributed by atoms with van der Waals surface area (Å²) >= 11 is 0. The number of nitrogens with two attached hydrogens (primary N) is 2. The third-order valence-electron chi connectivity index (χ3n) is 4.72. The number of nitrogens with zero attached hydrogens (tertiary/aromatic N) is 2. The molecule has 2 heterocycles. The standard InChI is InChI=1S/C11H18N4.C9H8O/c1-8(12)10-11(13)14-5-6-15(10)7-9-3-2-4-9;1-7-6-10-9-5-3-2-4-8(7)9/h5-6,9H,2-4,7,12H2,1H3,(H2,13,14);2-6H,1H3/b10-8-;. The molecule has 0 unspecified atom stereocenters. The first kappa shape index (κ1) is 17.1. The van der Waals surface area contributed by atoms with Crippen molar-refractivity contribution in [3.8, 4) is 0 Å². The molecule has 132 valence electrons. The number of amidine groups is 1. The molecule has 5 nitrogen and oxygen atoms in total. The summed E-state index contributed by atoms with van der Waals surface area (Å²) in [4.78, 5) is 6.19. The van der Waals surface area contributed by atoms with Gasteiger partial charge in [0, 0.05) is 30.0 Å². The highest BCUT2D eigenvalue weighted by Gasteiger charge is 2.24. The minimum absolute atomic E-state index is 0.525. The summed E-state index contributed by atoms with van der Waals surface area (Å²) in [5.41, 5.74) is 15.4. The van der Waals surface area contributed by atoms with Gasteiger partial charge in [0.05, 0.1) is 6.26 Å². The lowest BCUT2D eigenvalue weighted by atomic mass is 9.85. The number of hydrogen-bond acceptors (Lipinski definition) is 5. The van der Waals surface area contributed by atoms with Crippen LogP contribution in [0, 0.1) is 12.8 Å². The summed E-state index contributed by atoms with van der Waals surface area (Å²) in [6.45, 7) is 4.92. The second kappa shape index (κ2) is 7.47. The SMILES string of the molecule is C/C(N)=C1\C(N)=NC=CN1CC1CCC1.Cc1coc2ccccc12. The Morgan fingerprint density at radius 1 is 1.32 bits per heavy atom. The summed E-state index contributed by atoms with van der Waals surface area (Å²) in [7, 11) is 0. The Morgan fingerprint density at radius 2 is 2.08 bits per heavy atom.